The monoisotopic (exact) mass is 202 g/mol. The summed E-state index contributed by atoms with van der Waals surface area (Å²) in [6.45, 7) is 3.12. The van der Waals surface area contributed by atoms with E-state index in [0.717, 1.165) is 36.5 Å². The van der Waals surface area contributed by atoms with Gasteiger partial charge >= 0.3 is 0 Å². The summed E-state index contributed by atoms with van der Waals surface area (Å²) in [7, 11) is 0. The molecule has 3 nitrogen and oxygen atoms in total. The molecule has 0 unspecified atom stereocenters. The highest BCUT2D eigenvalue weighted by molar-refractivity contribution is 6.31. The second-order valence-electron chi connectivity index (χ2n) is 3.09. The van der Waals surface area contributed by atoms with E-state index in [2.05, 4.69) is 5.10 Å². The van der Waals surface area contributed by atoms with Crippen LogP contribution in [0.3, 0.4) is 0 Å². The zero-order valence-electron chi connectivity index (χ0n) is 7.83. The first kappa shape index (κ1) is 10.5. The molecule has 0 radical (unpaired) electrons. The molecule has 1 heterocycles. The number of rotatable bonds is 5. The lowest BCUT2D eigenvalue weighted by atomic mass is 10.2. The molecule has 1 aromatic rings. The van der Waals surface area contributed by atoms with Crippen LogP contribution in [-0.4, -0.2) is 21.5 Å². The van der Waals surface area contributed by atoms with Crippen molar-refractivity contribution in [2.45, 2.75) is 32.7 Å². The van der Waals surface area contributed by atoms with Crippen molar-refractivity contribution in [2.24, 2.45) is 0 Å². The van der Waals surface area contributed by atoms with Gasteiger partial charge in [0.2, 0.25) is 0 Å². The van der Waals surface area contributed by atoms with Gasteiger partial charge in [-0.3, -0.25) is 4.68 Å². The molecule has 0 aromatic carbocycles. The predicted octanol–water partition coefficient (Wildman–Crippen LogP) is 2.01. The number of aryl methyl sites for hydroxylation is 1. The van der Waals surface area contributed by atoms with Crippen LogP contribution in [-0.2, 0) is 6.54 Å². The third-order valence-electron chi connectivity index (χ3n) is 2.07. The zero-order chi connectivity index (χ0) is 9.68. The second kappa shape index (κ2) is 5.25. The van der Waals surface area contributed by atoms with Gasteiger partial charge in [-0.2, -0.15) is 5.10 Å². The zero-order valence-corrected chi connectivity index (χ0v) is 8.59. The SMILES string of the molecule is Cc1c(Cl)cnn1CCCCCO. The van der Waals surface area contributed by atoms with Crippen molar-refractivity contribution >= 4 is 11.6 Å². The highest BCUT2D eigenvalue weighted by Crippen LogP contribution is 2.13. The molecule has 0 spiro atoms. The van der Waals surface area contributed by atoms with Crippen molar-refractivity contribution in [1.29, 1.82) is 0 Å². The van der Waals surface area contributed by atoms with Crippen molar-refractivity contribution < 1.29 is 5.11 Å². The molecule has 0 aliphatic heterocycles. The normalized spacial score (nSPS) is 10.7. The van der Waals surface area contributed by atoms with E-state index in [1.165, 1.54) is 0 Å². The highest BCUT2D eigenvalue weighted by atomic mass is 35.5. The van der Waals surface area contributed by atoms with E-state index >= 15 is 0 Å². The summed E-state index contributed by atoms with van der Waals surface area (Å²) in [6, 6.07) is 0. The lowest BCUT2D eigenvalue weighted by Gasteiger charge is -2.03. The van der Waals surface area contributed by atoms with Crippen LogP contribution >= 0.6 is 11.6 Å². The first-order valence-electron chi connectivity index (χ1n) is 4.54. The van der Waals surface area contributed by atoms with Crippen molar-refractivity contribution in [3.63, 3.8) is 0 Å². The minimum absolute atomic E-state index is 0.277. The van der Waals surface area contributed by atoms with Crippen molar-refractivity contribution in [3.05, 3.63) is 16.9 Å². The molecule has 1 N–H and O–H groups in total. The standard InChI is InChI=1S/C9H15ClN2O/c1-8-9(10)7-11-12(8)5-3-2-4-6-13/h7,13H,2-6H2,1H3. The van der Waals surface area contributed by atoms with Gasteiger partial charge in [-0.1, -0.05) is 11.6 Å². The first-order valence-corrected chi connectivity index (χ1v) is 4.92. The van der Waals surface area contributed by atoms with Gasteiger partial charge in [0.15, 0.2) is 0 Å². The van der Waals surface area contributed by atoms with Gasteiger partial charge in [-0.05, 0) is 26.2 Å². The Morgan fingerprint density at radius 3 is 2.77 bits per heavy atom. The number of unbranched alkanes of at least 4 members (excludes halogenated alkanes) is 2. The number of halogens is 1. The van der Waals surface area contributed by atoms with E-state index < -0.39 is 0 Å². The summed E-state index contributed by atoms with van der Waals surface area (Å²) in [6.07, 6.45) is 4.61. The van der Waals surface area contributed by atoms with Gasteiger partial charge in [0, 0.05) is 13.2 Å². The molecular formula is C9H15ClN2O. The van der Waals surface area contributed by atoms with E-state index in [4.69, 9.17) is 16.7 Å². The van der Waals surface area contributed by atoms with Crippen LogP contribution in [0.25, 0.3) is 0 Å². The summed E-state index contributed by atoms with van der Waals surface area (Å²) < 4.78 is 1.90. The molecule has 0 fully saturated rings. The second-order valence-corrected chi connectivity index (χ2v) is 3.49. The molecule has 0 aliphatic carbocycles. The lowest BCUT2D eigenvalue weighted by Crippen LogP contribution is -2.02. The van der Waals surface area contributed by atoms with Crippen molar-refractivity contribution in [3.8, 4) is 0 Å². The Hall–Kier alpha value is -0.540. The quantitative estimate of drug-likeness (QED) is 0.742. The number of hydrogen-bond acceptors (Lipinski definition) is 2. The van der Waals surface area contributed by atoms with Crippen LogP contribution in [0.5, 0.6) is 0 Å². The number of aliphatic hydroxyl groups excluding tert-OH is 1. The van der Waals surface area contributed by atoms with Gasteiger partial charge < -0.3 is 5.11 Å². The predicted molar refractivity (Wildman–Crippen MR) is 52.9 cm³/mol. The van der Waals surface area contributed by atoms with Crippen LogP contribution in [0.1, 0.15) is 25.0 Å². The number of aromatic nitrogens is 2. The molecule has 0 saturated heterocycles. The van der Waals surface area contributed by atoms with E-state index in [1.807, 2.05) is 11.6 Å². The Balaban J connectivity index is 2.32. The third-order valence-corrected chi connectivity index (χ3v) is 2.44. The molecule has 4 heteroatoms. The number of aliphatic hydroxyl groups is 1. The highest BCUT2D eigenvalue weighted by Gasteiger charge is 2.02. The average Bonchev–Trinajstić information content (AvgIpc) is 2.43. The average molecular weight is 203 g/mol. The molecule has 0 aliphatic rings. The lowest BCUT2D eigenvalue weighted by molar-refractivity contribution is 0.281. The fraction of sp³-hybridized carbons (Fsp3) is 0.667. The largest absolute Gasteiger partial charge is 0.396 e. The summed E-state index contributed by atoms with van der Waals surface area (Å²) in [5, 5.41) is 13.4. The molecule has 74 valence electrons. The molecule has 0 saturated carbocycles. The topological polar surface area (TPSA) is 38.0 Å². The van der Waals surface area contributed by atoms with Gasteiger partial charge in [0.1, 0.15) is 0 Å². The van der Waals surface area contributed by atoms with Crippen molar-refractivity contribution in [1.82, 2.24) is 9.78 Å². The molecule has 13 heavy (non-hydrogen) atoms. The summed E-state index contributed by atoms with van der Waals surface area (Å²) in [5.41, 5.74) is 1.02. The van der Waals surface area contributed by atoms with Gasteiger partial charge in [0.05, 0.1) is 16.9 Å². The smallest absolute Gasteiger partial charge is 0.0814 e. The first-order chi connectivity index (χ1) is 6.25. The maximum atomic E-state index is 8.58. The van der Waals surface area contributed by atoms with Crippen LogP contribution in [0, 0.1) is 6.92 Å². The molecule has 1 rings (SSSR count). The summed E-state index contributed by atoms with van der Waals surface area (Å²) in [4.78, 5) is 0. The van der Waals surface area contributed by atoms with Crippen LogP contribution in [0.15, 0.2) is 6.20 Å². The van der Waals surface area contributed by atoms with E-state index in [1.54, 1.807) is 6.20 Å². The van der Waals surface area contributed by atoms with E-state index in [9.17, 15) is 0 Å². The molecular weight excluding hydrogens is 188 g/mol. The molecule has 1 aromatic heterocycles. The fourth-order valence-electron chi connectivity index (χ4n) is 1.20. The van der Waals surface area contributed by atoms with Gasteiger partial charge in [0.25, 0.3) is 0 Å². The van der Waals surface area contributed by atoms with Crippen LogP contribution < -0.4 is 0 Å². The Bertz CT molecular complexity index is 260. The maximum absolute atomic E-state index is 8.58. The molecule has 0 bridgehead atoms. The Labute approximate surface area is 83.3 Å². The van der Waals surface area contributed by atoms with E-state index in [-0.39, 0.29) is 6.61 Å². The van der Waals surface area contributed by atoms with Gasteiger partial charge in [-0.15, -0.1) is 0 Å². The van der Waals surface area contributed by atoms with Crippen LogP contribution in [0.2, 0.25) is 5.02 Å². The Kier molecular flexibility index (Phi) is 4.25. The minimum Gasteiger partial charge on any atom is -0.396 e. The minimum atomic E-state index is 0.277. The summed E-state index contributed by atoms with van der Waals surface area (Å²) in [5.74, 6) is 0. The molecule has 0 atom stereocenters. The Morgan fingerprint density at radius 1 is 1.46 bits per heavy atom. The number of nitrogens with zero attached hydrogens (tertiary/aromatic N) is 2. The van der Waals surface area contributed by atoms with E-state index in [0.29, 0.717) is 0 Å². The third kappa shape index (κ3) is 3.01. The van der Waals surface area contributed by atoms with Crippen LogP contribution in [0.4, 0.5) is 0 Å². The van der Waals surface area contributed by atoms with Gasteiger partial charge in [-0.25, -0.2) is 0 Å². The van der Waals surface area contributed by atoms with Crippen molar-refractivity contribution in [2.75, 3.05) is 6.61 Å². The number of hydrogen-bond donors (Lipinski definition) is 1. The fourth-order valence-corrected chi connectivity index (χ4v) is 1.34. The summed E-state index contributed by atoms with van der Waals surface area (Å²) >= 11 is 5.85. The molecule has 0 amide bonds. The maximum Gasteiger partial charge on any atom is 0.0814 e. The Morgan fingerprint density at radius 2 is 2.23 bits per heavy atom.